The third-order valence-corrected chi connectivity index (χ3v) is 3.11. The van der Waals surface area contributed by atoms with Crippen LogP contribution < -0.4 is 14.8 Å². The Morgan fingerprint density at radius 1 is 1.14 bits per heavy atom. The fourth-order valence-corrected chi connectivity index (χ4v) is 2.13. The van der Waals surface area contributed by atoms with Gasteiger partial charge >= 0.3 is 0 Å². The Morgan fingerprint density at radius 3 is 2.48 bits per heavy atom. The van der Waals surface area contributed by atoms with E-state index in [9.17, 15) is 0 Å². The summed E-state index contributed by atoms with van der Waals surface area (Å²) >= 11 is 6.12. The van der Waals surface area contributed by atoms with Gasteiger partial charge in [0, 0.05) is 11.8 Å². The molecule has 0 saturated heterocycles. The van der Waals surface area contributed by atoms with Crippen LogP contribution in [0.25, 0.3) is 0 Å². The highest BCUT2D eigenvalue weighted by Gasteiger charge is 2.11. The first-order chi connectivity index (χ1) is 10.1. The molecule has 2 aromatic rings. The van der Waals surface area contributed by atoms with Crippen molar-refractivity contribution in [3.63, 3.8) is 0 Å². The van der Waals surface area contributed by atoms with E-state index in [0.29, 0.717) is 33.6 Å². The number of rotatable bonds is 4. The molecule has 0 aliphatic carbocycles. The number of ether oxygens (including phenoxy) is 2. The maximum Gasteiger partial charge on any atom is 0.146 e. The lowest BCUT2D eigenvalue weighted by atomic mass is 10.2. The summed E-state index contributed by atoms with van der Waals surface area (Å²) in [6.45, 7) is 1.82. The summed E-state index contributed by atoms with van der Waals surface area (Å²) in [5, 5.41) is 12.6. The average Bonchev–Trinajstić information content (AvgIpc) is 2.47. The minimum absolute atomic E-state index is 0.453. The van der Waals surface area contributed by atoms with Crippen LogP contribution in [0.5, 0.6) is 11.5 Å². The molecule has 108 valence electrons. The molecule has 21 heavy (non-hydrogen) atoms. The van der Waals surface area contributed by atoms with Gasteiger partial charge < -0.3 is 14.8 Å². The second kappa shape index (κ2) is 6.33. The van der Waals surface area contributed by atoms with Gasteiger partial charge in [0.05, 0.1) is 36.6 Å². The Balaban J connectivity index is 2.42. The normalized spacial score (nSPS) is 9.86. The van der Waals surface area contributed by atoms with Crippen LogP contribution in [0.4, 0.5) is 11.5 Å². The highest BCUT2D eigenvalue weighted by atomic mass is 35.5. The van der Waals surface area contributed by atoms with Gasteiger partial charge in [0.25, 0.3) is 0 Å². The van der Waals surface area contributed by atoms with Crippen molar-refractivity contribution in [1.82, 2.24) is 4.98 Å². The molecule has 5 nitrogen and oxygen atoms in total. The Morgan fingerprint density at radius 2 is 1.86 bits per heavy atom. The molecule has 1 aromatic heterocycles. The van der Waals surface area contributed by atoms with Crippen molar-refractivity contribution in [1.29, 1.82) is 5.26 Å². The van der Waals surface area contributed by atoms with Gasteiger partial charge in [-0.1, -0.05) is 11.6 Å². The number of hydrogen-bond donors (Lipinski definition) is 1. The quantitative estimate of drug-likeness (QED) is 0.933. The van der Waals surface area contributed by atoms with Crippen molar-refractivity contribution >= 4 is 23.1 Å². The smallest absolute Gasteiger partial charge is 0.146 e. The van der Waals surface area contributed by atoms with Gasteiger partial charge in [-0.2, -0.15) is 5.26 Å². The lowest BCUT2D eigenvalue weighted by Gasteiger charge is -2.13. The minimum Gasteiger partial charge on any atom is -0.495 e. The van der Waals surface area contributed by atoms with E-state index in [0.717, 1.165) is 5.69 Å². The van der Waals surface area contributed by atoms with Crippen LogP contribution in [-0.4, -0.2) is 19.2 Å². The average molecular weight is 304 g/mol. The van der Waals surface area contributed by atoms with Crippen LogP contribution in [-0.2, 0) is 0 Å². The number of methoxy groups -OCH3 is 2. The SMILES string of the molecule is COc1cc(OC)c(Nc2cc(C#N)cc(C)n2)cc1Cl. The van der Waals surface area contributed by atoms with Crippen LogP contribution in [0.3, 0.4) is 0 Å². The fraction of sp³-hybridized carbons (Fsp3) is 0.200. The van der Waals surface area contributed by atoms with Crippen molar-refractivity contribution in [2.45, 2.75) is 6.92 Å². The zero-order valence-corrected chi connectivity index (χ0v) is 12.7. The van der Waals surface area contributed by atoms with Gasteiger partial charge in [0.1, 0.15) is 17.3 Å². The van der Waals surface area contributed by atoms with E-state index in [4.69, 9.17) is 26.3 Å². The lowest BCUT2D eigenvalue weighted by Crippen LogP contribution is -1.99. The Hall–Kier alpha value is -2.45. The summed E-state index contributed by atoms with van der Waals surface area (Å²) in [7, 11) is 3.09. The van der Waals surface area contributed by atoms with Gasteiger partial charge in [0.2, 0.25) is 0 Å². The van der Waals surface area contributed by atoms with E-state index >= 15 is 0 Å². The predicted molar refractivity (Wildman–Crippen MR) is 81.5 cm³/mol. The highest BCUT2D eigenvalue weighted by Crippen LogP contribution is 2.37. The van der Waals surface area contributed by atoms with Crippen LogP contribution in [0.2, 0.25) is 5.02 Å². The topological polar surface area (TPSA) is 67.2 Å². The molecule has 2 rings (SSSR count). The summed E-state index contributed by atoms with van der Waals surface area (Å²) < 4.78 is 10.5. The molecule has 0 spiro atoms. The van der Waals surface area contributed by atoms with Gasteiger partial charge in [-0.15, -0.1) is 0 Å². The molecule has 1 aromatic carbocycles. The molecule has 0 unspecified atom stereocenters. The summed E-state index contributed by atoms with van der Waals surface area (Å²) in [4.78, 5) is 4.33. The van der Waals surface area contributed by atoms with Crippen molar-refractivity contribution < 1.29 is 9.47 Å². The Labute approximate surface area is 128 Å². The van der Waals surface area contributed by atoms with E-state index < -0.39 is 0 Å². The molecule has 0 amide bonds. The first kappa shape index (κ1) is 14.9. The van der Waals surface area contributed by atoms with E-state index in [1.807, 2.05) is 6.92 Å². The van der Waals surface area contributed by atoms with Gasteiger partial charge in [-0.25, -0.2) is 4.98 Å². The maximum atomic E-state index is 9.00. The molecule has 0 bridgehead atoms. The number of hydrogen-bond acceptors (Lipinski definition) is 5. The molecular formula is C15H14ClN3O2. The first-order valence-electron chi connectivity index (χ1n) is 6.14. The molecule has 0 radical (unpaired) electrons. The maximum absolute atomic E-state index is 9.00. The first-order valence-corrected chi connectivity index (χ1v) is 6.52. The molecule has 1 heterocycles. The Kier molecular flexibility index (Phi) is 4.51. The van der Waals surface area contributed by atoms with Crippen molar-refractivity contribution in [3.8, 4) is 17.6 Å². The summed E-state index contributed by atoms with van der Waals surface area (Å²) in [6, 6.07) is 8.84. The van der Waals surface area contributed by atoms with Crippen LogP contribution in [0, 0.1) is 18.3 Å². The summed E-state index contributed by atoms with van der Waals surface area (Å²) in [5.74, 6) is 1.64. The van der Waals surface area contributed by atoms with Crippen LogP contribution >= 0.6 is 11.6 Å². The van der Waals surface area contributed by atoms with Crippen molar-refractivity contribution in [3.05, 3.63) is 40.5 Å². The number of aryl methyl sites for hydroxylation is 1. The predicted octanol–water partition coefficient (Wildman–Crippen LogP) is 3.68. The molecule has 0 aliphatic rings. The Bertz CT molecular complexity index is 711. The third kappa shape index (κ3) is 3.36. The van der Waals surface area contributed by atoms with Gasteiger partial charge in [0.15, 0.2) is 0 Å². The standard InChI is InChI=1S/C15H14ClN3O2/c1-9-4-10(8-17)5-15(18-9)19-12-6-11(16)13(20-2)7-14(12)21-3/h4-7H,1-3H3,(H,18,19). The van der Waals surface area contributed by atoms with E-state index in [-0.39, 0.29) is 0 Å². The van der Waals surface area contributed by atoms with Gasteiger partial charge in [-0.05, 0) is 25.1 Å². The number of aromatic nitrogens is 1. The number of nitriles is 1. The van der Waals surface area contributed by atoms with Gasteiger partial charge in [-0.3, -0.25) is 0 Å². The van der Waals surface area contributed by atoms with Crippen LogP contribution in [0.1, 0.15) is 11.3 Å². The number of pyridine rings is 1. The molecular weight excluding hydrogens is 290 g/mol. The molecule has 0 aliphatic heterocycles. The number of anilines is 2. The molecule has 1 N–H and O–H groups in total. The van der Waals surface area contributed by atoms with Crippen LogP contribution in [0.15, 0.2) is 24.3 Å². The van der Waals surface area contributed by atoms with E-state index in [1.54, 1.807) is 31.4 Å². The summed E-state index contributed by atoms with van der Waals surface area (Å²) in [6.07, 6.45) is 0. The molecule has 6 heteroatoms. The zero-order valence-electron chi connectivity index (χ0n) is 11.9. The van der Waals surface area contributed by atoms with E-state index in [1.165, 1.54) is 7.11 Å². The molecule has 0 atom stereocenters. The molecule has 0 fully saturated rings. The number of nitrogens with one attached hydrogen (secondary N) is 1. The molecule has 0 saturated carbocycles. The lowest BCUT2D eigenvalue weighted by molar-refractivity contribution is 0.396. The monoisotopic (exact) mass is 303 g/mol. The zero-order chi connectivity index (χ0) is 15.4. The largest absolute Gasteiger partial charge is 0.495 e. The number of halogens is 1. The second-order valence-electron chi connectivity index (χ2n) is 4.31. The number of nitrogens with zero attached hydrogens (tertiary/aromatic N) is 2. The summed E-state index contributed by atoms with van der Waals surface area (Å²) in [5.41, 5.74) is 1.92. The minimum atomic E-state index is 0.453. The second-order valence-corrected chi connectivity index (χ2v) is 4.71. The third-order valence-electron chi connectivity index (χ3n) is 2.82. The highest BCUT2D eigenvalue weighted by molar-refractivity contribution is 6.32. The van der Waals surface area contributed by atoms with Crippen molar-refractivity contribution in [2.24, 2.45) is 0 Å². The van der Waals surface area contributed by atoms with Crippen molar-refractivity contribution in [2.75, 3.05) is 19.5 Å². The fourth-order valence-electron chi connectivity index (χ4n) is 1.89. The van der Waals surface area contributed by atoms with E-state index in [2.05, 4.69) is 16.4 Å². The number of benzene rings is 1.